The molecule has 2 rings (SSSR count). The van der Waals surface area contributed by atoms with Gasteiger partial charge in [0.05, 0.1) is 16.8 Å². The van der Waals surface area contributed by atoms with Gasteiger partial charge in [-0.2, -0.15) is 0 Å². The van der Waals surface area contributed by atoms with Crippen molar-refractivity contribution in [3.8, 4) is 0 Å². The van der Waals surface area contributed by atoms with Crippen LogP contribution in [-0.4, -0.2) is 24.5 Å². The smallest absolute Gasteiger partial charge is 0.136 e. The monoisotopic (exact) mass is 314 g/mol. The average Bonchev–Trinajstić information content (AvgIpc) is 2.78. The van der Waals surface area contributed by atoms with Gasteiger partial charge in [-0.25, -0.2) is 0 Å². The summed E-state index contributed by atoms with van der Waals surface area (Å²) in [6.45, 7) is 7.50. The van der Waals surface area contributed by atoms with Gasteiger partial charge >= 0.3 is 0 Å². The molecule has 1 unspecified atom stereocenters. The van der Waals surface area contributed by atoms with Crippen LogP contribution < -0.4 is 5.73 Å². The molecule has 0 radical (unpaired) electrons. The van der Waals surface area contributed by atoms with Crippen molar-refractivity contribution in [2.24, 2.45) is 17.6 Å². The molecule has 1 aromatic heterocycles. The number of likely N-dealkylation sites (tertiary alicyclic amines) is 1. The SMILES string of the molecule is CC(C)C1CCN(C(CN)c2occc2Br)CC1. The summed E-state index contributed by atoms with van der Waals surface area (Å²) in [6.07, 6.45) is 4.27. The molecule has 3 nitrogen and oxygen atoms in total. The first kappa shape index (κ1) is 14.1. The summed E-state index contributed by atoms with van der Waals surface area (Å²) in [5, 5.41) is 0. The summed E-state index contributed by atoms with van der Waals surface area (Å²) >= 11 is 3.53. The first-order chi connectivity index (χ1) is 8.63. The van der Waals surface area contributed by atoms with E-state index in [4.69, 9.17) is 10.2 Å². The Bertz CT molecular complexity index is 370. The molecule has 1 aliphatic heterocycles. The van der Waals surface area contributed by atoms with E-state index in [1.165, 1.54) is 12.8 Å². The minimum absolute atomic E-state index is 0.211. The number of furan rings is 1. The minimum Gasteiger partial charge on any atom is -0.466 e. The molecule has 0 saturated carbocycles. The van der Waals surface area contributed by atoms with Crippen LogP contribution in [-0.2, 0) is 0 Å². The van der Waals surface area contributed by atoms with Crippen LogP contribution in [0.5, 0.6) is 0 Å². The standard InChI is InChI=1S/C14H23BrN2O/c1-10(2)11-3-6-17(7-4-11)13(9-16)14-12(15)5-8-18-14/h5,8,10-11,13H,3-4,6-7,9,16H2,1-2H3. The Kier molecular flexibility index (Phi) is 4.87. The first-order valence-corrected chi connectivity index (χ1v) is 7.59. The summed E-state index contributed by atoms with van der Waals surface area (Å²) in [7, 11) is 0. The molecule has 18 heavy (non-hydrogen) atoms. The molecule has 1 saturated heterocycles. The largest absolute Gasteiger partial charge is 0.466 e. The summed E-state index contributed by atoms with van der Waals surface area (Å²) in [5.41, 5.74) is 5.94. The predicted octanol–water partition coefficient (Wildman–Crippen LogP) is 3.41. The highest BCUT2D eigenvalue weighted by atomic mass is 79.9. The zero-order valence-electron chi connectivity index (χ0n) is 11.2. The van der Waals surface area contributed by atoms with Gasteiger partial charge in [0.25, 0.3) is 0 Å². The van der Waals surface area contributed by atoms with Gasteiger partial charge in [-0.15, -0.1) is 0 Å². The second-order valence-electron chi connectivity index (χ2n) is 5.50. The Morgan fingerprint density at radius 2 is 2.11 bits per heavy atom. The number of rotatable bonds is 4. The average molecular weight is 315 g/mol. The number of nitrogens with zero attached hydrogens (tertiary/aromatic N) is 1. The van der Waals surface area contributed by atoms with Crippen molar-refractivity contribution < 1.29 is 4.42 Å². The van der Waals surface area contributed by atoms with Crippen molar-refractivity contribution in [3.63, 3.8) is 0 Å². The summed E-state index contributed by atoms with van der Waals surface area (Å²) in [6, 6.07) is 2.15. The number of hydrogen-bond acceptors (Lipinski definition) is 3. The third-order valence-electron chi connectivity index (χ3n) is 4.13. The van der Waals surface area contributed by atoms with E-state index in [1.807, 2.05) is 6.07 Å². The maximum absolute atomic E-state index is 5.94. The van der Waals surface area contributed by atoms with Gasteiger partial charge in [0.2, 0.25) is 0 Å². The third-order valence-corrected chi connectivity index (χ3v) is 4.78. The Hall–Kier alpha value is -0.320. The van der Waals surface area contributed by atoms with E-state index < -0.39 is 0 Å². The Balaban J connectivity index is 2.01. The molecule has 0 spiro atoms. The quantitative estimate of drug-likeness (QED) is 0.926. The molecule has 1 aromatic rings. The second-order valence-corrected chi connectivity index (χ2v) is 6.36. The van der Waals surface area contributed by atoms with Gasteiger partial charge < -0.3 is 10.2 Å². The lowest BCUT2D eigenvalue weighted by Crippen LogP contribution is -2.40. The normalized spacial score (nSPS) is 20.5. The molecule has 1 fully saturated rings. The number of halogens is 1. The van der Waals surface area contributed by atoms with Gasteiger partial charge in [0, 0.05) is 6.54 Å². The molecule has 0 amide bonds. The summed E-state index contributed by atoms with van der Waals surface area (Å²) in [4.78, 5) is 2.46. The van der Waals surface area contributed by atoms with Crippen molar-refractivity contribution in [3.05, 3.63) is 22.6 Å². The molecule has 2 N–H and O–H groups in total. The van der Waals surface area contributed by atoms with Crippen LogP contribution in [0.3, 0.4) is 0 Å². The zero-order chi connectivity index (χ0) is 13.1. The Morgan fingerprint density at radius 3 is 2.56 bits per heavy atom. The summed E-state index contributed by atoms with van der Waals surface area (Å²) < 4.78 is 6.61. The van der Waals surface area contributed by atoms with Crippen molar-refractivity contribution in [2.45, 2.75) is 32.7 Å². The predicted molar refractivity (Wildman–Crippen MR) is 77.3 cm³/mol. The maximum Gasteiger partial charge on any atom is 0.136 e. The lowest BCUT2D eigenvalue weighted by atomic mass is 9.86. The molecule has 0 aliphatic carbocycles. The Morgan fingerprint density at radius 1 is 1.44 bits per heavy atom. The van der Waals surface area contributed by atoms with Gasteiger partial charge in [0.15, 0.2) is 0 Å². The van der Waals surface area contributed by atoms with Gasteiger partial charge in [-0.05, 0) is 59.8 Å². The van der Waals surface area contributed by atoms with E-state index in [1.54, 1.807) is 6.26 Å². The van der Waals surface area contributed by atoms with Crippen molar-refractivity contribution in [1.29, 1.82) is 0 Å². The minimum atomic E-state index is 0.211. The molecular formula is C14H23BrN2O. The van der Waals surface area contributed by atoms with Gasteiger partial charge in [0.1, 0.15) is 5.76 Å². The molecule has 0 aromatic carbocycles. The highest BCUT2D eigenvalue weighted by molar-refractivity contribution is 9.10. The van der Waals surface area contributed by atoms with Crippen LogP contribution in [0.25, 0.3) is 0 Å². The number of nitrogens with two attached hydrogens (primary N) is 1. The van der Waals surface area contributed by atoms with Crippen LogP contribution in [0.1, 0.15) is 38.5 Å². The van der Waals surface area contributed by atoms with Crippen LogP contribution in [0, 0.1) is 11.8 Å². The van der Waals surface area contributed by atoms with E-state index in [9.17, 15) is 0 Å². The molecule has 2 heterocycles. The third kappa shape index (κ3) is 2.98. The highest BCUT2D eigenvalue weighted by Crippen LogP contribution is 2.33. The van der Waals surface area contributed by atoms with E-state index >= 15 is 0 Å². The lowest BCUT2D eigenvalue weighted by molar-refractivity contribution is 0.106. The fourth-order valence-electron chi connectivity index (χ4n) is 2.86. The first-order valence-electron chi connectivity index (χ1n) is 6.80. The topological polar surface area (TPSA) is 42.4 Å². The van der Waals surface area contributed by atoms with Crippen molar-refractivity contribution in [2.75, 3.05) is 19.6 Å². The van der Waals surface area contributed by atoms with Crippen LogP contribution >= 0.6 is 15.9 Å². The maximum atomic E-state index is 5.94. The number of hydrogen-bond donors (Lipinski definition) is 1. The van der Waals surface area contributed by atoms with Gasteiger partial charge in [-0.3, -0.25) is 4.90 Å². The fraction of sp³-hybridized carbons (Fsp3) is 0.714. The molecule has 1 atom stereocenters. The fourth-order valence-corrected chi connectivity index (χ4v) is 3.33. The molecule has 102 valence electrons. The summed E-state index contributed by atoms with van der Waals surface area (Å²) in [5.74, 6) is 2.62. The van der Waals surface area contributed by atoms with E-state index in [-0.39, 0.29) is 6.04 Å². The Labute approximate surface area is 118 Å². The molecule has 4 heteroatoms. The molecular weight excluding hydrogens is 292 g/mol. The van der Waals surface area contributed by atoms with Crippen molar-refractivity contribution in [1.82, 2.24) is 4.90 Å². The van der Waals surface area contributed by atoms with Crippen LogP contribution in [0.4, 0.5) is 0 Å². The van der Waals surface area contributed by atoms with Crippen molar-refractivity contribution >= 4 is 15.9 Å². The number of piperidine rings is 1. The lowest BCUT2D eigenvalue weighted by Gasteiger charge is -2.37. The van der Waals surface area contributed by atoms with E-state index in [0.29, 0.717) is 6.54 Å². The molecule has 0 bridgehead atoms. The zero-order valence-corrected chi connectivity index (χ0v) is 12.8. The van der Waals surface area contributed by atoms with E-state index in [0.717, 1.165) is 35.2 Å². The second kappa shape index (κ2) is 6.22. The molecule has 1 aliphatic rings. The highest BCUT2D eigenvalue weighted by Gasteiger charge is 2.29. The van der Waals surface area contributed by atoms with Crippen LogP contribution in [0.15, 0.2) is 21.2 Å². The van der Waals surface area contributed by atoms with E-state index in [2.05, 4.69) is 34.7 Å². The van der Waals surface area contributed by atoms with Gasteiger partial charge in [-0.1, -0.05) is 13.8 Å². The van der Waals surface area contributed by atoms with Crippen LogP contribution in [0.2, 0.25) is 0 Å².